The quantitative estimate of drug-likeness (QED) is 0.710. The minimum absolute atomic E-state index is 0.107. The van der Waals surface area contributed by atoms with Crippen LogP contribution in [-0.4, -0.2) is 21.4 Å². The summed E-state index contributed by atoms with van der Waals surface area (Å²) in [5, 5.41) is 5.56. The van der Waals surface area contributed by atoms with Crippen LogP contribution in [0.2, 0.25) is 0 Å². The fourth-order valence-corrected chi connectivity index (χ4v) is 2.67. The van der Waals surface area contributed by atoms with E-state index in [-0.39, 0.29) is 17.8 Å². The first-order valence-corrected chi connectivity index (χ1v) is 8.72. The van der Waals surface area contributed by atoms with Gasteiger partial charge in [0.1, 0.15) is 12.4 Å². The molecular weight excluding hydrogens is 363 g/mol. The SMILES string of the molecule is CCC(=O)Nc1ccc(C)c(NC(=O)Cn2cnc3ccc(F)cc3c2=O)c1. The monoisotopic (exact) mass is 382 g/mol. The van der Waals surface area contributed by atoms with Crippen LogP contribution >= 0.6 is 0 Å². The number of aryl methyl sites for hydroxylation is 1. The first-order chi connectivity index (χ1) is 13.4. The molecule has 2 aromatic carbocycles. The lowest BCUT2D eigenvalue weighted by Gasteiger charge is -2.12. The zero-order chi connectivity index (χ0) is 20.3. The van der Waals surface area contributed by atoms with Gasteiger partial charge in [-0.2, -0.15) is 0 Å². The van der Waals surface area contributed by atoms with Gasteiger partial charge in [-0.1, -0.05) is 13.0 Å². The number of anilines is 2. The number of hydrogen-bond acceptors (Lipinski definition) is 4. The smallest absolute Gasteiger partial charge is 0.261 e. The van der Waals surface area contributed by atoms with Crippen LogP contribution in [0, 0.1) is 12.7 Å². The fourth-order valence-electron chi connectivity index (χ4n) is 2.67. The molecule has 144 valence electrons. The van der Waals surface area contributed by atoms with Crippen molar-refractivity contribution < 1.29 is 14.0 Å². The molecule has 0 bridgehead atoms. The minimum atomic E-state index is -0.546. The van der Waals surface area contributed by atoms with Crippen LogP contribution in [0.1, 0.15) is 18.9 Å². The van der Waals surface area contributed by atoms with Crippen LogP contribution in [0.4, 0.5) is 15.8 Å². The Balaban J connectivity index is 1.80. The standard InChI is InChI=1S/C20H19FN4O3/c1-3-18(26)23-14-6-4-12(2)17(9-14)24-19(27)10-25-11-22-16-7-5-13(21)8-15(16)20(25)28/h4-9,11H,3,10H2,1-2H3,(H,23,26)(H,24,27). The number of hydrogen-bond donors (Lipinski definition) is 2. The number of nitrogens with one attached hydrogen (secondary N) is 2. The Labute approximate surface area is 160 Å². The highest BCUT2D eigenvalue weighted by atomic mass is 19.1. The highest BCUT2D eigenvalue weighted by Gasteiger charge is 2.11. The molecule has 2 N–H and O–H groups in total. The Hall–Kier alpha value is -3.55. The average Bonchev–Trinajstić information content (AvgIpc) is 2.67. The molecule has 8 heteroatoms. The van der Waals surface area contributed by atoms with E-state index in [1.165, 1.54) is 18.5 Å². The molecule has 0 atom stereocenters. The molecule has 1 heterocycles. The van der Waals surface area contributed by atoms with Gasteiger partial charge in [0.05, 0.1) is 17.2 Å². The summed E-state index contributed by atoms with van der Waals surface area (Å²) < 4.78 is 14.5. The van der Waals surface area contributed by atoms with Crippen LogP contribution in [0.3, 0.4) is 0 Å². The highest BCUT2D eigenvalue weighted by molar-refractivity contribution is 5.94. The molecule has 0 saturated carbocycles. The number of carbonyl (C=O) groups is 2. The van der Waals surface area contributed by atoms with Crippen molar-refractivity contribution in [1.29, 1.82) is 0 Å². The van der Waals surface area contributed by atoms with Crippen molar-refractivity contribution in [3.63, 3.8) is 0 Å². The van der Waals surface area contributed by atoms with E-state index < -0.39 is 17.3 Å². The number of halogens is 1. The van der Waals surface area contributed by atoms with Gasteiger partial charge < -0.3 is 10.6 Å². The molecule has 0 fully saturated rings. The molecule has 7 nitrogen and oxygen atoms in total. The van der Waals surface area contributed by atoms with E-state index in [2.05, 4.69) is 15.6 Å². The third-order valence-corrected chi connectivity index (χ3v) is 4.22. The van der Waals surface area contributed by atoms with E-state index in [4.69, 9.17) is 0 Å². The summed E-state index contributed by atoms with van der Waals surface area (Å²) in [6, 6.07) is 8.90. The van der Waals surface area contributed by atoms with Gasteiger partial charge in [-0.25, -0.2) is 9.37 Å². The molecule has 0 unspecified atom stereocenters. The predicted octanol–water partition coefficient (Wildman–Crippen LogP) is 2.83. The summed E-state index contributed by atoms with van der Waals surface area (Å²) in [5.41, 5.74) is 1.74. The van der Waals surface area contributed by atoms with Crippen LogP contribution in [0.25, 0.3) is 10.9 Å². The summed E-state index contributed by atoms with van der Waals surface area (Å²) in [7, 11) is 0. The van der Waals surface area contributed by atoms with E-state index in [9.17, 15) is 18.8 Å². The van der Waals surface area contributed by atoms with Crippen molar-refractivity contribution in [1.82, 2.24) is 9.55 Å². The molecule has 0 aliphatic rings. The maximum absolute atomic E-state index is 13.4. The van der Waals surface area contributed by atoms with E-state index in [1.807, 2.05) is 6.92 Å². The van der Waals surface area contributed by atoms with E-state index in [0.717, 1.165) is 16.2 Å². The number of rotatable bonds is 5. The molecule has 28 heavy (non-hydrogen) atoms. The molecule has 0 radical (unpaired) electrons. The van der Waals surface area contributed by atoms with Crippen LogP contribution in [0.15, 0.2) is 47.5 Å². The molecule has 3 aromatic rings. The molecule has 3 rings (SSSR count). The van der Waals surface area contributed by atoms with Crippen molar-refractivity contribution in [3.05, 3.63) is 64.5 Å². The lowest BCUT2D eigenvalue weighted by Crippen LogP contribution is -2.28. The van der Waals surface area contributed by atoms with Gasteiger partial charge in [0.2, 0.25) is 11.8 Å². The summed E-state index contributed by atoms with van der Waals surface area (Å²) in [6.45, 7) is 3.28. The molecule has 0 aliphatic carbocycles. The molecule has 0 spiro atoms. The van der Waals surface area contributed by atoms with Crippen molar-refractivity contribution in [3.8, 4) is 0 Å². The number of nitrogens with zero attached hydrogens (tertiary/aromatic N) is 2. The zero-order valence-electron chi connectivity index (χ0n) is 15.5. The second kappa shape index (κ2) is 7.99. The topological polar surface area (TPSA) is 93.1 Å². The third-order valence-electron chi connectivity index (χ3n) is 4.22. The number of aromatic nitrogens is 2. The number of fused-ring (bicyclic) bond motifs is 1. The Morgan fingerprint density at radius 1 is 1.11 bits per heavy atom. The zero-order valence-corrected chi connectivity index (χ0v) is 15.5. The number of carbonyl (C=O) groups excluding carboxylic acids is 2. The molecule has 2 amide bonds. The predicted molar refractivity (Wildman–Crippen MR) is 105 cm³/mol. The van der Waals surface area contributed by atoms with Crippen LogP contribution in [-0.2, 0) is 16.1 Å². The minimum Gasteiger partial charge on any atom is -0.326 e. The van der Waals surface area contributed by atoms with Gasteiger partial charge in [0, 0.05) is 17.8 Å². The third kappa shape index (κ3) is 4.22. The maximum atomic E-state index is 13.4. The first kappa shape index (κ1) is 19.2. The first-order valence-electron chi connectivity index (χ1n) is 8.72. The van der Waals surface area contributed by atoms with Crippen molar-refractivity contribution >= 4 is 34.1 Å². The Morgan fingerprint density at radius 2 is 1.89 bits per heavy atom. The molecule has 1 aromatic heterocycles. The van der Waals surface area contributed by atoms with Gasteiger partial charge in [0.15, 0.2) is 0 Å². The van der Waals surface area contributed by atoms with Crippen molar-refractivity contribution in [2.24, 2.45) is 0 Å². The largest absolute Gasteiger partial charge is 0.326 e. The lowest BCUT2D eigenvalue weighted by atomic mass is 10.1. The number of benzene rings is 2. The van der Waals surface area contributed by atoms with Crippen LogP contribution < -0.4 is 16.2 Å². The van der Waals surface area contributed by atoms with Gasteiger partial charge in [-0.15, -0.1) is 0 Å². The van der Waals surface area contributed by atoms with Gasteiger partial charge in [-0.3, -0.25) is 19.0 Å². The summed E-state index contributed by atoms with van der Waals surface area (Å²) in [6.07, 6.45) is 1.60. The van der Waals surface area contributed by atoms with Gasteiger partial charge in [0.25, 0.3) is 5.56 Å². The molecule has 0 aliphatic heterocycles. The summed E-state index contributed by atoms with van der Waals surface area (Å²) in [4.78, 5) is 40.5. The Morgan fingerprint density at radius 3 is 2.64 bits per heavy atom. The van der Waals surface area contributed by atoms with E-state index >= 15 is 0 Å². The summed E-state index contributed by atoms with van der Waals surface area (Å²) >= 11 is 0. The summed E-state index contributed by atoms with van der Waals surface area (Å²) in [5.74, 6) is -1.13. The second-order valence-corrected chi connectivity index (χ2v) is 6.32. The average molecular weight is 382 g/mol. The molecule has 0 saturated heterocycles. The van der Waals surface area contributed by atoms with Gasteiger partial charge >= 0.3 is 0 Å². The normalized spacial score (nSPS) is 10.7. The second-order valence-electron chi connectivity index (χ2n) is 6.32. The van der Waals surface area contributed by atoms with E-state index in [1.54, 1.807) is 25.1 Å². The van der Waals surface area contributed by atoms with Gasteiger partial charge in [-0.05, 0) is 42.8 Å². The Bertz CT molecular complexity index is 1120. The maximum Gasteiger partial charge on any atom is 0.261 e. The lowest BCUT2D eigenvalue weighted by molar-refractivity contribution is -0.117. The van der Waals surface area contributed by atoms with E-state index in [0.29, 0.717) is 23.3 Å². The number of amides is 2. The molecular formula is C20H19FN4O3. The highest BCUT2D eigenvalue weighted by Crippen LogP contribution is 2.20. The fraction of sp³-hybridized carbons (Fsp3) is 0.200. The van der Waals surface area contributed by atoms with Crippen molar-refractivity contribution in [2.75, 3.05) is 10.6 Å². The van der Waals surface area contributed by atoms with Crippen LogP contribution in [0.5, 0.6) is 0 Å². The Kier molecular flexibility index (Phi) is 5.49. The van der Waals surface area contributed by atoms with Crippen molar-refractivity contribution in [2.45, 2.75) is 26.8 Å².